The Morgan fingerprint density at radius 3 is 2.70 bits per heavy atom. The fourth-order valence-corrected chi connectivity index (χ4v) is 2.67. The molecule has 2 rings (SSSR count). The molecular formula is C16H17BrN2S. The second-order valence-corrected chi connectivity index (χ2v) is 6.02. The maximum absolute atomic E-state index is 5.61. The van der Waals surface area contributed by atoms with Crippen LogP contribution in [0.5, 0.6) is 0 Å². The van der Waals surface area contributed by atoms with Crippen molar-refractivity contribution in [3.05, 3.63) is 63.6 Å². The third-order valence-electron chi connectivity index (χ3n) is 3.07. The third kappa shape index (κ3) is 4.05. The summed E-state index contributed by atoms with van der Waals surface area (Å²) in [6, 6.07) is 14.4. The molecule has 0 bridgehead atoms. The van der Waals surface area contributed by atoms with Gasteiger partial charge in [0.1, 0.15) is 4.99 Å². The number of anilines is 1. The topological polar surface area (TPSA) is 38.0 Å². The fraction of sp³-hybridized carbons (Fsp3) is 0.188. The first-order valence-corrected chi connectivity index (χ1v) is 7.65. The van der Waals surface area contributed by atoms with Crippen molar-refractivity contribution in [3.63, 3.8) is 0 Å². The van der Waals surface area contributed by atoms with E-state index in [-0.39, 0.29) is 0 Å². The minimum Gasteiger partial charge on any atom is -0.389 e. The van der Waals surface area contributed by atoms with Crippen molar-refractivity contribution in [2.75, 3.05) is 11.9 Å². The smallest absolute Gasteiger partial charge is 0.104 e. The number of thiocarbonyl (C=S) groups is 1. The van der Waals surface area contributed by atoms with Crippen molar-refractivity contribution < 1.29 is 0 Å². The van der Waals surface area contributed by atoms with E-state index in [2.05, 4.69) is 52.4 Å². The van der Waals surface area contributed by atoms with Crippen LogP contribution in [0.3, 0.4) is 0 Å². The van der Waals surface area contributed by atoms with Gasteiger partial charge in [0.2, 0.25) is 0 Å². The Hall–Kier alpha value is -1.39. The summed E-state index contributed by atoms with van der Waals surface area (Å²) >= 11 is 8.50. The highest BCUT2D eigenvalue weighted by Crippen LogP contribution is 2.23. The van der Waals surface area contributed by atoms with Crippen molar-refractivity contribution in [3.8, 4) is 0 Å². The quantitative estimate of drug-likeness (QED) is 0.800. The number of hydrogen-bond acceptors (Lipinski definition) is 2. The molecule has 0 atom stereocenters. The zero-order chi connectivity index (χ0) is 14.5. The summed E-state index contributed by atoms with van der Waals surface area (Å²) in [7, 11) is 0. The average Bonchev–Trinajstić information content (AvgIpc) is 2.40. The molecule has 0 unspecified atom stereocenters. The number of rotatable bonds is 5. The van der Waals surface area contributed by atoms with Crippen LogP contribution in [0.25, 0.3) is 0 Å². The fourth-order valence-electron chi connectivity index (χ4n) is 2.02. The van der Waals surface area contributed by atoms with Crippen LogP contribution in [-0.2, 0) is 6.42 Å². The lowest BCUT2D eigenvalue weighted by Crippen LogP contribution is -2.10. The van der Waals surface area contributed by atoms with Crippen LogP contribution in [-0.4, -0.2) is 11.5 Å². The van der Waals surface area contributed by atoms with Crippen LogP contribution in [0.15, 0.2) is 46.9 Å². The lowest BCUT2D eigenvalue weighted by molar-refractivity contribution is 1.02. The molecular weight excluding hydrogens is 332 g/mol. The molecule has 0 amide bonds. The van der Waals surface area contributed by atoms with Gasteiger partial charge in [-0.3, -0.25) is 0 Å². The summed E-state index contributed by atoms with van der Waals surface area (Å²) in [6.45, 7) is 3.00. The highest BCUT2D eigenvalue weighted by Gasteiger charge is 2.03. The Labute approximate surface area is 133 Å². The molecule has 2 nitrogen and oxygen atoms in total. The molecule has 0 heterocycles. The summed E-state index contributed by atoms with van der Waals surface area (Å²) in [5, 5.41) is 3.42. The summed E-state index contributed by atoms with van der Waals surface area (Å²) in [5.41, 5.74) is 10.2. The molecule has 0 saturated carbocycles. The van der Waals surface area contributed by atoms with Crippen molar-refractivity contribution in [1.29, 1.82) is 0 Å². The monoisotopic (exact) mass is 348 g/mol. The first-order chi connectivity index (χ1) is 9.56. The summed E-state index contributed by atoms with van der Waals surface area (Å²) in [6.07, 6.45) is 0.991. The van der Waals surface area contributed by atoms with Gasteiger partial charge >= 0.3 is 0 Å². The average molecular weight is 349 g/mol. The molecule has 20 heavy (non-hydrogen) atoms. The number of aryl methyl sites for hydroxylation is 1. The van der Waals surface area contributed by atoms with Gasteiger partial charge in [0.15, 0.2) is 0 Å². The number of nitrogens with two attached hydrogens (primary N) is 1. The lowest BCUT2D eigenvalue weighted by atomic mass is 10.1. The molecule has 0 aromatic heterocycles. The second kappa shape index (κ2) is 6.86. The Balaban J connectivity index is 1.96. The Morgan fingerprint density at radius 2 is 2.05 bits per heavy atom. The maximum Gasteiger partial charge on any atom is 0.104 e. The number of hydrogen-bond donors (Lipinski definition) is 2. The van der Waals surface area contributed by atoms with Gasteiger partial charge in [0.25, 0.3) is 0 Å². The van der Waals surface area contributed by atoms with Crippen molar-refractivity contribution in [2.24, 2.45) is 5.73 Å². The van der Waals surface area contributed by atoms with Crippen molar-refractivity contribution in [1.82, 2.24) is 0 Å². The first kappa shape index (κ1) is 15.0. The summed E-state index contributed by atoms with van der Waals surface area (Å²) in [5.74, 6) is 0. The van der Waals surface area contributed by atoms with Crippen LogP contribution < -0.4 is 11.1 Å². The molecule has 0 saturated heterocycles. The molecule has 0 aliphatic heterocycles. The Kier molecular flexibility index (Phi) is 5.15. The number of nitrogens with one attached hydrogen (secondary N) is 1. The molecule has 0 spiro atoms. The van der Waals surface area contributed by atoms with Gasteiger partial charge in [0.05, 0.1) is 0 Å². The van der Waals surface area contributed by atoms with E-state index < -0.39 is 0 Å². The zero-order valence-corrected chi connectivity index (χ0v) is 13.7. The van der Waals surface area contributed by atoms with E-state index in [0.29, 0.717) is 4.99 Å². The van der Waals surface area contributed by atoms with Crippen LogP contribution in [0.2, 0.25) is 0 Å². The molecule has 0 radical (unpaired) electrons. The van der Waals surface area contributed by atoms with Crippen LogP contribution in [0.1, 0.15) is 16.7 Å². The van der Waals surface area contributed by atoms with Crippen molar-refractivity contribution >= 4 is 38.8 Å². The third-order valence-corrected chi connectivity index (χ3v) is 3.96. The zero-order valence-electron chi connectivity index (χ0n) is 11.3. The number of halogens is 1. The van der Waals surface area contributed by atoms with Gasteiger partial charge < -0.3 is 11.1 Å². The summed E-state index contributed by atoms with van der Waals surface area (Å²) in [4.78, 5) is 0.414. The van der Waals surface area contributed by atoms with Gasteiger partial charge in [-0.05, 0) is 53.0 Å². The SMILES string of the molecule is Cc1cccc(CCNc2ccc(C(N)=S)cc2Br)c1. The highest BCUT2D eigenvalue weighted by molar-refractivity contribution is 9.10. The predicted molar refractivity (Wildman–Crippen MR) is 93.4 cm³/mol. The molecule has 0 aliphatic rings. The molecule has 3 N–H and O–H groups in total. The molecule has 2 aromatic carbocycles. The van der Waals surface area contributed by atoms with Crippen LogP contribution >= 0.6 is 28.1 Å². The Morgan fingerprint density at radius 1 is 1.25 bits per heavy atom. The van der Waals surface area contributed by atoms with Gasteiger partial charge in [-0.15, -0.1) is 0 Å². The summed E-state index contributed by atoms with van der Waals surface area (Å²) < 4.78 is 0.979. The van der Waals surface area contributed by atoms with Gasteiger partial charge in [-0.25, -0.2) is 0 Å². The van der Waals surface area contributed by atoms with E-state index in [1.165, 1.54) is 11.1 Å². The van der Waals surface area contributed by atoms with Gasteiger partial charge in [-0.2, -0.15) is 0 Å². The van der Waals surface area contributed by atoms with Crippen LogP contribution in [0.4, 0.5) is 5.69 Å². The minimum atomic E-state index is 0.414. The highest BCUT2D eigenvalue weighted by atomic mass is 79.9. The van der Waals surface area contributed by atoms with Crippen LogP contribution in [0, 0.1) is 6.92 Å². The number of benzene rings is 2. The molecule has 2 aromatic rings. The predicted octanol–water partition coefficient (Wildman–Crippen LogP) is 4.05. The molecule has 0 fully saturated rings. The normalized spacial score (nSPS) is 10.3. The minimum absolute atomic E-state index is 0.414. The van der Waals surface area contributed by atoms with E-state index in [9.17, 15) is 0 Å². The second-order valence-electron chi connectivity index (χ2n) is 4.72. The maximum atomic E-state index is 5.61. The van der Waals surface area contributed by atoms with Gasteiger partial charge in [0, 0.05) is 22.3 Å². The van der Waals surface area contributed by atoms with E-state index >= 15 is 0 Å². The van der Waals surface area contributed by atoms with E-state index in [4.69, 9.17) is 18.0 Å². The lowest BCUT2D eigenvalue weighted by Gasteiger charge is -2.10. The van der Waals surface area contributed by atoms with E-state index in [1.807, 2.05) is 18.2 Å². The van der Waals surface area contributed by atoms with E-state index in [0.717, 1.165) is 28.7 Å². The molecule has 4 heteroatoms. The Bertz CT molecular complexity index is 626. The van der Waals surface area contributed by atoms with Gasteiger partial charge in [-0.1, -0.05) is 42.0 Å². The largest absolute Gasteiger partial charge is 0.389 e. The first-order valence-electron chi connectivity index (χ1n) is 6.45. The van der Waals surface area contributed by atoms with E-state index in [1.54, 1.807) is 0 Å². The molecule has 0 aliphatic carbocycles. The standard InChI is InChI=1S/C16H17BrN2S/c1-11-3-2-4-12(9-11)7-8-19-15-6-5-13(16(18)20)10-14(15)17/h2-6,9-10,19H,7-8H2,1H3,(H2,18,20). The molecule has 104 valence electrons. The van der Waals surface area contributed by atoms with Crippen molar-refractivity contribution in [2.45, 2.75) is 13.3 Å².